The van der Waals surface area contributed by atoms with Crippen LogP contribution >= 0.6 is 0 Å². The summed E-state index contributed by atoms with van der Waals surface area (Å²) in [5.41, 5.74) is 1.41. The summed E-state index contributed by atoms with van der Waals surface area (Å²) in [4.78, 5) is 22.8. The molecule has 0 saturated heterocycles. The van der Waals surface area contributed by atoms with Crippen LogP contribution in [0.25, 0.3) is 0 Å². The molecule has 0 fully saturated rings. The molecule has 1 unspecified atom stereocenters. The molecule has 0 bridgehead atoms. The molecule has 1 aromatic rings. The van der Waals surface area contributed by atoms with Crippen LogP contribution < -0.4 is 4.57 Å². The van der Waals surface area contributed by atoms with E-state index < -0.39 is 0 Å². The molecule has 4 heteroatoms. The minimum atomic E-state index is -0.325. The summed E-state index contributed by atoms with van der Waals surface area (Å²) in [5.74, 6) is -0.325. The van der Waals surface area contributed by atoms with Crippen molar-refractivity contribution in [3.05, 3.63) is 29.6 Å². The number of hydrogen-bond donors (Lipinski definition) is 0. The first-order chi connectivity index (χ1) is 9.13. The Labute approximate surface area is 114 Å². The minimum absolute atomic E-state index is 0.156. The fraction of sp³-hybridized carbons (Fsp3) is 0.533. The van der Waals surface area contributed by atoms with Crippen molar-refractivity contribution in [1.82, 2.24) is 0 Å². The second-order valence-electron chi connectivity index (χ2n) is 4.53. The third-order valence-corrected chi connectivity index (χ3v) is 3.07. The molecule has 0 aliphatic rings. The van der Waals surface area contributed by atoms with Gasteiger partial charge in [-0.3, -0.25) is 4.79 Å². The molecule has 0 amide bonds. The number of aromatic nitrogens is 1. The first-order valence-corrected chi connectivity index (χ1v) is 6.78. The first kappa shape index (κ1) is 15.3. The van der Waals surface area contributed by atoms with Crippen LogP contribution in [-0.2, 0) is 9.53 Å². The van der Waals surface area contributed by atoms with Crippen molar-refractivity contribution in [2.45, 2.75) is 46.1 Å². The molecule has 0 aromatic carbocycles. The zero-order valence-corrected chi connectivity index (χ0v) is 11.9. The zero-order chi connectivity index (χ0) is 14.3. The Morgan fingerprint density at radius 3 is 2.74 bits per heavy atom. The quantitative estimate of drug-likeness (QED) is 0.431. The Morgan fingerprint density at radius 2 is 2.21 bits per heavy atom. The maximum Gasteiger partial charge on any atom is 0.338 e. The topological polar surface area (TPSA) is 47.2 Å². The van der Waals surface area contributed by atoms with E-state index in [1.807, 2.05) is 11.5 Å². The average molecular weight is 264 g/mol. The van der Waals surface area contributed by atoms with Gasteiger partial charge in [0, 0.05) is 25.5 Å². The zero-order valence-electron chi connectivity index (χ0n) is 11.9. The SMILES string of the molecule is CCCCC(C=O)[n+]1ccc(C(=O)OCC)cc1C. The summed E-state index contributed by atoms with van der Waals surface area (Å²) in [6.07, 6.45) is 5.65. The van der Waals surface area contributed by atoms with Crippen LogP contribution in [0.4, 0.5) is 0 Å². The van der Waals surface area contributed by atoms with Gasteiger partial charge in [0.15, 0.2) is 18.2 Å². The van der Waals surface area contributed by atoms with Crippen LogP contribution in [-0.4, -0.2) is 18.9 Å². The number of aryl methyl sites for hydroxylation is 1. The molecule has 0 spiro atoms. The highest BCUT2D eigenvalue weighted by molar-refractivity contribution is 5.89. The van der Waals surface area contributed by atoms with Crippen molar-refractivity contribution in [1.29, 1.82) is 0 Å². The van der Waals surface area contributed by atoms with Crippen LogP contribution in [0.3, 0.4) is 0 Å². The Kier molecular flexibility index (Phi) is 6.19. The van der Waals surface area contributed by atoms with Crippen molar-refractivity contribution in [3.63, 3.8) is 0 Å². The van der Waals surface area contributed by atoms with E-state index in [1.54, 1.807) is 25.3 Å². The molecule has 1 atom stereocenters. The van der Waals surface area contributed by atoms with Gasteiger partial charge in [-0.1, -0.05) is 13.3 Å². The molecule has 1 heterocycles. The molecule has 0 radical (unpaired) electrons. The Morgan fingerprint density at radius 1 is 1.47 bits per heavy atom. The number of rotatable bonds is 7. The third kappa shape index (κ3) is 4.16. The lowest BCUT2D eigenvalue weighted by Gasteiger charge is -2.09. The first-order valence-electron chi connectivity index (χ1n) is 6.78. The average Bonchev–Trinajstić information content (AvgIpc) is 2.41. The van der Waals surface area contributed by atoms with Gasteiger partial charge in [0.1, 0.15) is 0 Å². The molecule has 4 nitrogen and oxygen atoms in total. The second kappa shape index (κ2) is 7.67. The van der Waals surface area contributed by atoms with Gasteiger partial charge >= 0.3 is 5.97 Å². The van der Waals surface area contributed by atoms with Gasteiger partial charge in [0.05, 0.1) is 12.2 Å². The number of aldehydes is 1. The van der Waals surface area contributed by atoms with Crippen molar-refractivity contribution in [2.24, 2.45) is 0 Å². The molecule has 1 rings (SSSR count). The van der Waals surface area contributed by atoms with E-state index in [1.165, 1.54) is 0 Å². The predicted molar refractivity (Wildman–Crippen MR) is 72.0 cm³/mol. The normalized spacial score (nSPS) is 11.9. The number of hydrogen-bond acceptors (Lipinski definition) is 3. The molecule has 0 aliphatic heterocycles. The lowest BCUT2D eigenvalue weighted by Crippen LogP contribution is -2.43. The summed E-state index contributed by atoms with van der Waals surface area (Å²) in [5, 5.41) is 0. The standard InChI is InChI=1S/C15H22NO3/c1-4-6-7-14(11-17)16-9-8-13(10-12(16)3)15(18)19-5-2/h8-11,14H,4-7H2,1-3H3/q+1. The number of ether oxygens (including phenoxy) is 1. The van der Waals surface area contributed by atoms with Crippen LogP contribution in [0, 0.1) is 6.92 Å². The number of carbonyl (C=O) groups excluding carboxylic acids is 2. The Bertz CT molecular complexity index is 443. The van der Waals surface area contributed by atoms with Gasteiger partial charge in [-0.2, -0.15) is 4.57 Å². The third-order valence-electron chi connectivity index (χ3n) is 3.07. The van der Waals surface area contributed by atoms with Gasteiger partial charge in [-0.15, -0.1) is 0 Å². The van der Waals surface area contributed by atoms with Crippen molar-refractivity contribution >= 4 is 12.3 Å². The number of nitrogens with zero attached hydrogens (tertiary/aromatic N) is 1. The molecular formula is C15H22NO3+. The summed E-state index contributed by atoms with van der Waals surface area (Å²) >= 11 is 0. The molecule has 104 valence electrons. The van der Waals surface area contributed by atoms with E-state index in [2.05, 4.69) is 6.92 Å². The smallest absolute Gasteiger partial charge is 0.338 e. The minimum Gasteiger partial charge on any atom is -0.462 e. The van der Waals surface area contributed by atoms with Gasteiger partial charge in [-0.05, 0) is 13.3 Å². The Hall–Kier alpha value is -1.71. The summed E-state index contributed by atoms with van der Waals surface area (Å²) in [6.45, 7) is 6.13. The fourth-order valence-electron chi connectivity index (χ4n) is 2.03. The van der Waals surface area contributed by atoms with Crippen molar-refractivity contribution < 1.29 is 18.9 Å². The fourth-order valence-corrected chi connectivity index (χ4v) is 2.03. The number of esters is 1. The molecule has 19 heavy (non-hydrogen) atoms. The lowest BCUT2D eigenvalue weighted by atomic mass is 10.1. The molecular weight excluding hydrogens is 242 g/mol. The van der Waals surface area contributed by atoms with Crippen LogP contribution in [0.15, 0.2) is 18.3 Å². The van der Waals surface area contributed by atoms with Crippen molar-refractivity contribution in [3.8, 4) is 0 Å². The highest BCUT2D eigenvalue weighted by Crippen LogP contribution is 2.09. The molecule has 0 aliphatic carbocycles. The monoisotopic (exact) mass is 264 g/mol. The summed E-state index contributed by atoms with van der Waals surface area (Å²) in [6, 6.07) is 3.31. The van der Waals surface area contributed by atoms with E-state index in [4.69, 9.17) is 4.74 Å². The molecule has 0 N–H and O–H groups in total. The highest BCUT2D eigenvalue weighted by atomic mass is 16.5. The van der Waals surface area contributed by atoms with Crippen molar-refractivity contribution in [2.75, 3.05) is 6.61 Å². The van der Waals surface area contributed by atoms with E-state index in [9.17, 15) is 9.59 Å². The maximum atomic E-state index is 11.6. The van der Waals surface area contributed by atoms with Crippen LogP contribution in [0.2, 0.25) is 0 Å². The predicted octanol–water partition coefficient (Wildman–Crippen LogP) is 2.39. The van der Waals surface area contributed by atoms with E-state index in [-0.39, 0.29) is 12.0 Å². The number of pyridine rings is 1. The van der Waals surface area contributed by atoms with E-state index in [0.717, 1.165) is 31.2 Å². The molecule has 1 aromatic heterocycles. The number of unbranched alkanes of at least 4 members (excludes halogenated alkanes) is 1. The summed E-state index contributed by atoms with van der Waals surface area (Å²) in [7, 11) is 0. The summed E-state index contributed by atoms with van der Waals surface area (Å²) < 4.78 is 6.86. The van der Waals surface area contributed by atoms with E-state index >= 15 is 0 Å². The Balaban J connectivity index is 2.92. The highest BCUT2D eigenvalue weighted by Gasteiger charge is 2.21. The number of carbonyl (C=O) groups is 2. The maximum absolute atomic E-state index is 11.6. The van der Waals surface area contributed by atoms with Gasteiger partial charge < -0.3 is 4.74 Å². The lowest BCUT2D eigenvalue weighted by molar-refractivity contribution is -0.714. The van der Waals surface area contributed by atoms with Gasteiger partial charge in [0.2, 0.25) is 6.04 Å². The van der Waals surface area contributed by atoms with Crippen LogP contribution in [0.5, 0.6) is 0 Å². The van der Waals surface area contributed by atoms with E-state index in [0.29, 0.717) is 12.2 Å². The van der Waals surface area contributed by atoms with Gasteiger partial charge in [-0.25, -0.2) is 4.79 Å². The largest absolute Gasteiger partial charge is 0.462 e. The second-order valence-corrected chi connectivity index (χ2v) is 4.53. The van der Waals surface area contributed by atoms with Crippen LogP contribution in [0.1, 0.15) is 55.2 Å². The molecule has 0 saturated carbocycles. The van der Waals surface area contributed by atoms with Gasteiger partial charge in [0.25, 0.3) is 0 Å².